The summed E-state index contributed by atoms with van der Waals surface area (Å²) >= 11 is 0. The second-order valence-corrected chi connectivity index (χ2v) is 5.78. The van der Waals surface area contributed by atoms with Crippen LogP contribution in [0.1, 0.15) is 18.0 Å². The van der Waals surface area contributed by atoms with E-state index in [4.69, 9.17) is 0 Å². The lowest BCUT2D eigenvalue weighted by molar-refractivity contribution is -0.385. The first-order chi connectivity index (χ1) is 11.4. The predicted molar refractivity (Wildman–Crippen MR) is 80.2 cm³/mol. The molecule has 2 aromatic rings. The largest absolute Gasteiger partial charge is 0.392 e. The van der Waals surface area contributed by atoms with Crippen LogP contribution in [0.3, 0.4) is 0 Å². The van der Waals surface area contributed by atoms with Crippen molar-refractivity contribution in [2.75, 3.05) is 13.1 Å². The Morgan fingerprint density at radius 1 is 1.38 bits per heavy atom. The number of halogens is 2. The molecule has 7 nitrogen and oxygen atoms in total. The summed E-state index contributed by atoms with van der Waals surface area (Å²) in [4.78, 5) is 12.0. The number of hydrogen-bond acceptors (Lipinski definition) is 5. The van der Waals surface area contributed by atoms with Gasteiger partial charge in [0.05, 0.1) is 17.6 Å². The fourth-order valence-electron chi connectivity index (χ4n) is 3.02. The molecule has 128 valence electrons. The maximum Gasteiger partial charge on any atom is 0.306 e. The molecule has 2 atom stereocenters. The fraction of sp³-hybridized carbons (Fsp3) is 0.400. The zero-order chi connectivity index (χ0) is 17.3. The van der Waals surface area contributed by atoms with E-state index in [1.807, 2.05) is 4.90 Å². The highest BCUT2D eigenvalue weighted by Gasteiger charge is 2.33. The number of likely N-dealkylation sites (tertiary alicyclic amines) is 1. The summed E-state index contributed by atoms with van der Waals surface area (Å²) in [5, 5.41) is 24.5. The van der Waals surface area contributed by atoms with Gasteiger partial charge in [0.1, 0.15) is 24.0 Å². The Labute approximate surface area is 136 Å². The lowest BCUT2D eigenvalue weighted by Gasteiger charge is -2.24. The number of β-amino-alcohol motifs (C(OH)–C–C–N with tert-alkyl or cyclic N) is 1. The van der Waals surface area contributed by atoms with Gasteiger partial charge in [0, 0.05) is 24.7 Å². The highest BCUT2D eigenvalue weighted by atomic mass is 19.1. The molecule has 1 aliphatic rings. The smallest absolute Gasteiger partial charge is 0.306 e. The Hall–Kier alpha value is -2.39. The standard InChI is InChI=1S/C15H16F2N4O3/c16-10-1-2-14(17)13(5-10)15-6-12(22)9-19(15)3-4-20-8-11(7-18-20)21(23)24/h1-2,5,7-8,12,15,22H,3-4,6,9H2/t12-,15-/m0/s1. The molecule has 2 heterocycles. The van der Waals surface area contributed by atoms with Crippen LogP contribution in [0.2, 0.25) is 0 Å². The molecule has 3 rings (SSSR count). The van der Waals surface area contributed by atoms with Crippen LogP contribution in [0.15, 0.2) is 30.6 Å². The second-order valence-electron chi connectivity index (χ2n) is 5.78. The van der Waals surface area contributed by atoms with Gasteiger partial charge in [-0.05, 0) is 24.6 Å². The maximum atomic E-state index is 14.0. The monoisotopic (exact) mass is 338 g/mol. The summed E-state index contributed by atoms with van der Waals surface area (Å²) in [7, 11) is 0. The summed E-state index contributed by atoms with van der Waals surface area (Å²) in [5.41, 5.74) is 0.0992. The highest BCUT2D eigenvalue weighted by Crippen LogP contribution is 2.33. The number of rotatable bonds is 5. The number of nitrogens with zero attached hydrogens (tertiary/aromatic N) is 4. The van der Waals surface area contributed by atoms with Gasteiger partial charge in [-0.15, -0.1) is 0 Å². The number of aliphatic hydroxyl groups is 1. The number of benzene rings is 1. The van der Waals surface area contributed by atoms with Gasteiger partial charge in [-0.1, -0.05) is 0 Å². The van der Waals surface area contributed by atoms with Crippen molar-refractivity contribution in [2.45, 2.75) is 25.1 Å². The summed E-state index contributed by atoms with van der Waals surface area (Å²) < 4.78 is 28.9. The average molecular weight is 338 g/mol. The van der Waals surface area contributed by atoms with Crippen LogP contribution in [-0.4, -0.2) is 43.9 Å². The van der Waals surface area contributed by atoms with Crippen molar-refractivity contribution in [1.29, 1.82) is 0 Å². The molecule has 1 aliphatic heterocycles. The zero-order valence-electron chi connectivity index (χ0n) is 12.7. The third-order valence-corrected chi connectivity index (χ3v) is 4.15. The molecular formula is C15H16F2N4O3. The highest BCUT2D eigenvalue weighted by molar-refractivity contribution is 5.24. The lowest BCUT2D eigenvalue weighted by atomic mass is 10.0. The molecule has 1 saturated heterocycles. The fourth-order valence-corrected chi connectivity index (χ4v) is 3.02. The van der Waals surface area contributed by atoms with Gasteiger partial charge in [0.25, 0.3) is 0 Å². The summed E-state index contributed by atoms with van der Waals surface area (Å²) in [6, 6.07) is 2.83. The van der Waals surface area contributed by atoms with Crippen LogP contribution in [0, 0.1) is 21.7 Å². The molecule has 0 radical (unpaired) electrons. The maximum absolute atomic E-state index is 14.0. The molecule has 0 amide bonds. The van der Waals surface area contributed by atoms with Gasteiger partial charge in [0.2, 0.25) is 0 Å². The number of nitro groups is 1. The van der Waals surface area contributed by atoms with E-state index in [0.29, 0.717) is 26.1 Å². The van der Waals surface area contributed by atoms with Gasteiger partial charge in [0.15, 0.2) is 0 Å². The van der Waals surface area contributed by atoms with Gasteiger partial charge >= 0.3 is 5.69 Å². The van der Waals surface area contributed by atoms with E-state index in [-0.39, 0.29) is 11.3 Å². The van der Waals surface area contributed by atoms with E-state index in [0.717, 1.165) is 24.4 Å². The number of hydrogen-bond donors (Lipinski definition) is 1. The van der Waals surface area contributed by atoms with E-state index in [1.54, 1.807) is 0 Å². The van der Waals surface area contributed by atoms with E-state index in [2.05, 4.69) is 5.10 Å². The first kappa shape index (κ1) is 16.5. The van der Waals surface area contributed by atoms with Gasteiger partial charge < -0.3 is 5.11 Å². The van der Waals surface area contributed by atoms with Crippen molar-refractivity contribution in [2.24, 2.45) is 0 Å². The normalized spacial score (nSPS) is 21.3. The van der Waals surface area contributed by atoms with Crippen molar-refractivity contribution in [3.8, 4) is 0 Å². The van der Waals surface area contributed by atoms with Crippen molar-refractivity contribution in [3.05, 3.63) is 57.9 Å². The average Bonchev–Trinajstić information content (AvgIpc) is 3.14. The molecule has 0 bridgehead atoms. The van der Waals surface area contributed by atoms with Crippen molar-refractivity contribution < 1.29 is 18.8 Å². The van der Waals surface area contributed by atoms with Crippen LogP contribution in [0.4, 0.5) is 14.5 Å². The Bertz CT molecular complexity index is 752. The van der Waals surface area contributed by atoms with Crippen molar-refractivity contribution in [3.63, 3.8) is 0 Å². The zero-order valence-corrected chi connectivity index (χ0v) is 12.7. The molecule has 0 spiro atoms. The third-order valence-electron chi connectivity index (χ3n) is 4.15. The first-order valence-electron chi connectivity index (χ1n) is 7.48. The Morgan fingerprint density at radius 3 is 2.88 bits per heavy atom. The molecule has 9 heteroatoms. The van der Waals surface area contributed by atoms with E-state index in [9.17, 15) is 24.0 Å². The lowest BCUT2D eigenvalue weighted by Crippen LogP contribution is -2.29. The summed E-state index contributed by atoms with van der Waals surface area (Å²) in [6.45, 7) is 1.06. The van der Waals surface area contributed by atoms with Gasteiger partial charge in [-0.3, -0.25) is 19.7 Å². The molecular weight excluding hydrogens is 322 g/mol. The molecule has 0 aliphatic carbocycles. The molecule has 1 aromatic carbocycles. The molecule has 0 saturated carbocycles. The molecule has 1 fully saturated rings. The minimum absolute atomic E-state index is 0.107. The molecule has 1 N–H and O–H groups in total. The predicted octanol–water partition coefficient (Wildman–Crippen LogP) is 1.88. The van der Waals surface area contributed by atoms with Crippen molar-refractivity contribution >= 4 is 5.69 Å². The van der Waals surface area contributed by atoms with E-state index < -0.39 is 28.7 Å². The van der Waals surface area contributed by atoms with Crippen molar-refractivity contribution in [1.82, 2.24) is 14.7 Å². The molecule has 1 aromatic heterocycles. The van der Waals surface area contributed by atoms with Gasteiger partial charge in [-0.2, -0.15) is 5.10 Å². The molecule has 0 unspecified atom stereocenters. The van der Waals surface area contributed by atoms with E-state index >= 15 is 0 Å². The minimum Gasteiger partial charge on any atom is -0.392 e. The second kappa shape index (κ2) is 6.62. The Morgan fingerprint density at radius 2 is 2.17 bits per heavy atom. The van der Waals surface area contributed by atoms with Crippen LogP contribution in [0.25, 0.3) is 0 Å². The van der Waals surface area contributed by atoms with Gasteiger partial charge in [-0.25, -0.2) is 8.78 Å². The summed E-state index contributed by atoms with van der Waals surface area (Å²) in [6.07, 6.45) is 2.14. The molecule has 24 heavy (non-hydrogen) atoms. The van der Waals surface area contributed by atoms with E-state index in [1.165, 1.54) is 10.9 Å². The Balaban J connectivity index is 1.73. The summed E-state index contributed by atoms with van der Waals surface area (Å²) in [5.74, 6) is -1.05. The Kier molecular flexibility index (Phi) is 4.54. The van der Waals surface area contributed by atoms with Crippen LogP contribution in [0.5, 0.6) is 0 Å². The first-order valence-corrected chi connectivity index (χ1v) is 7.48. The van der Waals surface area contributed by atoms with Crippen LogP contribution < -0.4 is 0 Å². The SMILES string of the molecule is O=[N+]([O-])c1cnn(CCN2C[C@@H](O)C[C@H]2c2cc(F)ccc2F)c1. The number of aromatic nitrogens is 2. The topological polar surface area (TPSA) is 84.4 Å². The third kappa shape index (κ3) is 3.41. The number of aliphatic hydroxyl groups excluding tert-OH is 1. The van der Waals surface area contributed by atoms with Crippen LogP contribution >= 0.6 is 0 Å². The van der Waals surface area contributed by atoms with Crippen LogP contribution in [-0.2, 0) is 6.54 Å². The quantitative estimate of drug-likeness (QED) is 0.665. The minimum atomic E-state index is -0.635.